The maximum atomic E-state index is 12.7. The zero-order valence-electron chi connectivity index (χ0n) is 17.3. The lowest BCUT2D eigenvalue weighted by atomic mass is 9.85. The molecular formula is C23H25N5O3. The molecule has 4 atom stereocenters. The molecule has 2 bridgehead atoms. The first kappa shape index (κ1) is 19.5. The Labute approximate surface area is 180 Å². The Morgan fingerprint density at radius 3 is 2.52 bits per heavy atom. The number of nitrogens with one attached hydrogen (secondary N) is 2. The van der Waals surface area contributed by atoms with Crippen molar-refractivity contribution in [1.29, 1.82) is 0 Å². The smallest absolute Gasteiger partial charge is 0.233 e. The highest BCUT2D eigenvalue weighted by atomic mass is 16.5. The summed E-state index contributed by atoms with van der Waals surface area (Å²) in [4.78, 5) is 31.1. The maximum Gasteiger partial charge on any atom is 0.233 e. The third-order valence-corrected chi connectivity index (χ3v) is 6.47. The quantitative estimate of drug-likeness (QED) is 0.321. The summed E-state index contributed by atoms with van der Waals surface area (Å²) >= 11 is 0. The Hall–Kier alpha value is -3.42. The van der Waals surface area contributed by atoms with Gasteiger partial charge in [-0.15, -0.1) is 0 Å². The monoisotopic (exact) mass is 419 g/mol. The van der Waals surface area contributed by atoms with Gasteiger partial charge in [0.25, 0.3) is 0 Å². The van der Waals surface area contributed by atoms with Gasteiger partial charge in [-0.05, 0) is 18.3 Å². The molecule has 1 aliphatic heterocycles. The van der Waals surface area contributed by atoms with Crippen LogP contribution >= 0.6 is 0 Å². The van der Waals surface area contributed by atoms with Crippen LogP contribution < -0.4 is 10.6 Å². The molecular weight excluding hydrogens is 394 g/mol. The number of benzene rings is 1. The predicted octanol–water partition coefficient (Wildman–Crippen LogP) is 1.81. The molecule has 0 spiro atoms. The van der Waals surface area contributed by atoms with Crippen LogP contribution in [0, 0.1) is 23.7 Å². The lowest BCUT2D eigenvalue weighted by Crippen LogP contribution is -2.43. The minimum atomic E-state index is -0.147. The van der Waals surface area contributed by atoms with Crippen molar-refractivity contribution in [2.75, 3.05) is 20.1 Å². The summed E-state index contributed by atoms with van der Waals surface area (Å²) in [6.07, 6.45) is 5.17. The van der Waals surface area contributed by atoms with E-state index in [1.807, 2.05) is 36.4 Å². The number of guanidine groups is 1. The van der Waals surface area contributed by atoms with E-state index in [0.29, 0.717) is 31.4 Å². The number of likely N-dealkylation sites (tertiary alicyclic amines) is 1. The lowest BCUT2D eigenvalue weighted by Gasteiger charge is -2.18. The Morgan fingerprint density at radius 2 is 1.84 bits per heavy atom. The van der Waals surface area contributed by atoms with Crippen LogP contribution in [0.25, 0.3) is 11.3 Å². The average Bonchev–Trinajstić information content (AvgIpc) is 3.57. The number of aliphatic imine (C=N–C) groups is 1. The van der Waals surface area contributed by atoms with Crippen LogP contribution in [0.4, 0.5) is 0 Å². The normalized spacial score (nSPS) is 26.6. The van der Waals surface area contributed by atoms with Gasteiger partial charge in [0.1, 0.15) is 5.69 Å². The fraction of sp³-hybridized carbons (Fsp3) is 0.391. The molecule has 1 saturated heterocycles. The zero-order chi connectivity index (χ0) is 21.4. The van der Waals surface area contributed by atoms with Gasteiger partial charge in [0, 0.05) is 31.8 Å². The van der Waals surface area contributed by atoms with E-state index in [-0.39, 0.29) is 35.5 Å². The van der Waals surface area contributed by atoms with Gasteiger partial charge < -0.3 is 15.2 Å². The molecule has 2 N–H and O–H groups in total. The van der Waals surface area contributed by atoms with Gasteiger partial charge in [-0.25, -0.2) is 0 Å². The Bertz CT molecular complexity index is 1010. The fourth-order valence-electron chi connectivity index (χ4n) is 5.00. The van der Waals surface area contributed by atoms with E-state index in [4.69, 9.17) is 4.52 Å². The number of carbonyl (C=O) groups excluding carboxylic acids is 2. The first-order valence-corrected chi connectivity index (χ1v) is 10.6. The third kappa shape index (κ3) is 3.52. The number of fused-ring (bicyclic) bond motifs is 5. The van der Waals surface area contributed by atoms with Crippen molar-refractivity contribution in [3.8, 4) is 11.3 Å². The molecule has 31 heavy (non-hydrogen) atoms. The Balaban J connectivity index is 1.11. The predicted molar refractivity (Wildman–Crippen MR) is 115 cm³/mol. The van der Waals surface area contributed by atoms with Crippen LogP contribution in [0.5, 0.6) is 0 Å². The second-order valence-electron chi connectivity index (χ2n) is 8.23. The number of carbonyl (C=O) groups is 2. The second-order valence-corrected chi connectivity index (χ2v) is 8.23. The summed E-state index contributed by atoms with van der Waals surface area (Å²) in [5.41, 5.74) is 1.72. The first-order chi connectivity index (χ1) is 15.2. The van der Waals surface area contributed by atoms with Crippen LogP contribution in [-0.4, -0.2) is 48.0 Å². The summed E-state index contributed by atoms with van der Waals surface area (Å²) in [6.45, 7) is 1.22. The van der Waals surface area contributed by atoms with E-state index >= 15 is 0 Å². The highest BCUT2D eigenvalue weighted by Crippen LogP contribution is 2.52. The molecule has 8 nitrogen and oxygen atoms in total. The van der Waals surface area contributed by atoms with Gasteiger partial charge >= 0.3 is 0 Å². The van der Waals surface area contributed by atoms with E-state index in [1.54, 1.807) is 7.05 Å². The standard InChI is InChI=1S/C23H25N5O3/c1-24-23(26-13-17-12-18(31-27-17)14-5-3-2-4-6-14)25-9-10-28-21(29)19-15-7-8-16(11-15)20(19)22(28)30/h2-8,12,15-16,19-20H,9-11,13H2,1H3,(H2,24,25,26). The van der Waals surface area contributed by atoms with Crippen molar-refractivity contribution in [3.05, 3.63) is 54.2 Å². The van der Waals surface area contributed by atoms with Crippen LogP contribution in [-0.2, 0) is 16.1 Å². The van der Waals surface area contributed by atoms with Gasteiger partial charge in [-0.2, -0.15) is 0 Å². The van der Waals surface area contributed by atoms with Crippen LogP contribution in [0.15, 0.2) is 58.1 Å². The summed E-state index contributed by atoms with van der Waals surface area (Å²) < 4.78 is 5.41. The number of hydrogen-bond acceptors (Lipinski definition) is 5. The highest BCUT2D eigenvalue weighted by Gasteiger charge is 2.58. The molecule has 2 amide bonds. The average molecular weight is 419 g/mol. The minimum absolute atomic E-state index is 0.0207. The van der Waals surface area contributed by atoms with Crippen LogP contribution in [0.3, 0.4) is 0 Å². The molecule has 1 aromatic carbocycles. The number of imide groups is 1. The third-order valence-electron chi connectivity index (χ3n) is 6.47. The summed E-state index contributed by atoms with van der Waals surface area (Å²) in [5.74, 6) is 1.42. The molecule has 160 valence electrons. The number of nitrogens with zero attached hydrogens (tertiary/aromatic N) is 3. The van der Waals surface area contributed by atoms with E-state index in [1.165, 1.54) is 4.90 Å². The topological polar surface area (TPSA) is 99.8 Å². The molecule has 1 saturated carbocycles. The van der Waals surface area contributed by atoms with Crippen molar-refractivity contribution in [2.24, 2.45) is 28.7 Å². The van der Waals surface area contributed by atoms with Gasteiger partial charge in [-0.1, -0.05) is 47.6 Å². The SMILES string of the molecule is CN=C(NCCN1C(=O)C2C3C=CC(C3)C2C1=O)NCc1cc(-c2ccccc2)on1. The lowest BCUT2D eigenvalue weighted by molar-refractivity contribution is -0.140. The maximum absolute atomic E-state index is 12.7. The van der Waals surface area contributed by atoms with Crippen molar-refractivity contribution >= 4 is 17.8 Å². The minimum Gasteiger partial charge on any atom is -0.356 e. The van der Waals surface area contributed by atoms with Crippen LogP contribution in [0.2, 0.25) is 0 Å². The number of allylic oxidation sites excluding steroid dienone is 2. The number of aromatic nitrogens is 1. The summed E-state index contributed by atoms with van der Waals surface area (Å²) in [7, 11) is 1.67. The zero-order valence-corrected chi connectivity index (χ0v) is 17.3. The van der Waals surface area contributed by atoms with Crippen molar-refractivity contribution in [2.45, 2.75) is 13.0 Å². The number of rotatable bonds is 6. The first-order valence-electron chi connectivity index (χ1n) is 10.6. The van der Waals surface area contributed by atoms with Gasteiger partial charge in [0.05, 0.1) is 18.4 Å². The number of amides is 2. The van der Waals surface area contributed by atoms with Gasteiger partial charge in [-0.3, -0.25) is 19.5 Å². The summed E-state index contributed by atoms with van der Waals surface area (Å²) in [5, 5.41) is 10.4. The van der Waals surface area contributed by atoms with Crippen molar-refractivity contribution < 1.29 is 14.1 Å². The van der Waals surface area contributed by atoms with E-state index in [9.17, 15) is 9.59 Å². The molecule has 5 rings (SSSR count). The van der Waals surface area contributed by atoms with Gasteiger partial charge in [0.2, 0.25) is 11.8 Å². The molecule has 2 fully saturated rings. The van der Waals surface area contributed by atoms with Gasteiger partial charge in [0.15, 0.2) is 11.7 Å². The molecule has 8 heteroatoms. The van der Waals surface area contributed by atoms with E-state index in [0.717, 1.165) is 17.7 Å². The molecule has 1 aromatic heterocycles. The largest absolute Gasteiger partial charge is 0.356 e. The molecule has 2 aliphatic carbocycles. The number of hydrogen-bond donors (Lipinski definition) is 2. The van der Waals surface area contributed by atoms with E-state index < -0.39 is 0 Å². The van der Waals surface area contributed by atoms with Crippen molar-refractivity contribution in [3.63, 3.8) is 0 Å². The Morgan fingerprint density at radius 1 is 1.13 bits per heavy atom. The summed E-state index contributed by atoms with van der Waals surface area (Å²) in [6, 6.07) is 11.7. The molecule has 2 heterocycles. The molecule has 3 aliphatic rings. The second kappa shape index (κ2) is 8.02. The molecule has 2 aromatic rings. The fourth-order valence-corrected chi connectivity index (χ4v) is 5.00. The van der Waals surface area contributed by atoms with Crippen molar-refractivity contribution in [1.82, 2.24) is 20.7 Å². The van der Waals surface area contributed by atoms with E-state index in [2.05, 4.69) is 32.9 Å². The van der Waals surface area contributed by atoms with Crippen LogP contribution in [0.1, 0.15) is 12.1 Å². The highest BCUT2D eigenvalue weighted by molar-refractivity contribution is 6.06. The molecule has 4 unspecified atom stereocenters. The Kier molecular flexibility index (Phi) is 5.05. The molecule has 0 radical (unpaired) electrons.